The van der Waals surface area contributed by atoms with Crippen molar-refractivity contribution in [3.63, 3.8) is 0 Å². The molecule has 0 aliphatic heterocycles. The molecule has 0 unspecified atom stereocenters. The van der Waals surface area contributed by atoms with Crippen LogP contribution in [0.5, 0.6) is 11.5 Å². The predicted molar refractivity (Wildman–Crippen MR) is 124 cm³/mol. The number of pyridine rings is 1. The molecule has 0 spiro atoms. The molecular formula is C26H24N2O4. The van der Waals surface area contributed by atoms with E-state index < -0.39 is 0 Å². The van der Waals surface area contributed by atoms with Crippen LogP contribution in [-0.2, 0) is 11.3 Å². The van der Waals surface area contributed by atoms with Gasteiger partial charge in [0.2, 0.25) is 5.91 Å². The smallest absolute Gasteiger partial charge is 0.244 e. The van der Waals surface area contributed by atoms with Crippen LogP contribution in [0.2, 0.25) is 0 Å². The Balaban J connectivity index is 1.66. The second kappa shape index (κ2) is 9.39. The Labute approximate surface area is 186 Å². The Bertz CT molecular complexity index is 1280. The van der Waals surface area contributed by atoms with E-state index in [0.29, 0.717) is 17.9 Å². The Morgan fingerprint density at radius 1 is 1.09 bits per heavy atom. The largest absolute Gasteiger partial charge is 0.497 e. The van der Waals surface area contributed by atoms with Gasteiger partial charge in [0.25, 0.3) is 0 Å². The van der Waals surface area contributed by atoms with Crippen molar-refractivity contribution in [3.8, 4) is 22.6 Å². The molecule has 1 N–H and O–H groups in total. The Kier molecular flexibility index (Phi) is 6.22. The van der Waals surface area contributed by atoms with Crippen LogP contribution in [0, 0.1) is 0 Å². The fraction of sp³-hybridized carbons (Fsp3) is 0.154. The number of fused-ring (bicyclic) bond motifs is 1. The lowest BCUT2D eigenvalue weighted by molar-refractivity contribution is -0.116. The molecule has 2 aromatic carbocycles. The lowest BCUT2D eigenvalue weighted by atomic mass is 9.99. The van der Waals surface area contributed by atoms with Gasteiger partial charge in [-0.3, -0.25) is 9.78 Å². The molecule has 162 valence electrons. The van der Waals surface area contributed by atoms with E-state index in [9.17, 15) is 4.79 Å². The van der Waals surface area contributed by atoms with E-state index in [1.165, 1.54) is 0 Å². The van der Waals surface area contributed by atoms with Crippen molar-refractivity contribution in [2.75, 3.05) is 14.2 Å². The van der Waals surface area contributed by atoms with Gasteiger partial charge in [0, 0.05) is 47.6 Å². The van der Waals surface area contributed by atoms with E-state index in [-0.39, 0.29) is 5.91 Å². The molecule has 0 fully saturated rings. The molecule has 0 aliphatic carbocycles. The van der Waals surface area contributed by atoms with Crippen molar-refractivity contribution < 1.29 is 18.7 Å². The molecule has 32 heavy (non-hydrogen) atoms. The minimum Gasteiger partial charge on any atom is -0.497 e. The van der Waals surface area contributed by atoms with Gasteiger partial charge in [-0.15, -0.1) is 0 Å². The number of nitrogens with zero attached hydrogens (tertiary/aromatic N) is 1. The summed E-state index contributed by atoms with van der Waals surface area (Å²) in [7, 11) is 3.25. The Hall–Kier alpha value is -4.06. The van der Waals surface area contributed by atoms with Crippen LogP contribution in [0.15, 0.2) is 77.7 Å². The maximum absolute atomic E-state index is 12.5. The number of ether oxygens (including phenoxy) is 2. The van der Waals surface area contributed by atoms with Gasteiger partial charge in [-0.05, 0) is 54.0 Å². The van der Waals surface area contributed by atoms with Gasteiger partial charge in [0.1, 0.15) is 17.1 Å². The van der Waals surface area contributed by atoms with Crippen molar-refractivity contribution in [1.29, 1.82) is 0 Å². The van der Waals surface area contributed by atoms with E-state index in [1.807, 2.05) is 55.5 Å². The highest BCUT2D eigenvalue weighted by Gasteiger charge is 2.15. The highest BCUT2D eigenvalue weighted by molar-refractivity contribution is 6.00. The maximum Gasteiger partial charge on any atom is 0.244 e. The number of allylic oxidation sites excluding steroid dienone is 1. The summed E-state index contributed by atoms with van der Waals surface area (Å²) in [5.74, 6) is 1.23. The van der Waals surface area contributed by atoms with Crippen molar-refractivity contribution in [1.82, 2.24) is 10.3 Å². The normalized spacial score (nSPS) is 11.4. The van der Waals surface area contributed by atoms with Gasteiger partial charge in [-0.25, -0.2) is 0 Å². The molecule has 4 rings (SSSR count). The number of amides is 1. The van der Waals surface area contributed by atoms with Crippen LogP contribution in [0.1, 0.15) is 18.1 Å². The van der Waals surface area contributed by atoms with Gasteiger partial charge in [0.05, 0.1) is 20.5 Å². The highest BCUT2D eigenvalue weighted by atomic mass is 16.5. The maximum atomic E-state index is 12.5. The second-order valence-corrected chi connectivity index (χ2v) is 7.33. The number of benzene rings is 2. The number of rotatable bonds is 7. The summed E-state index contributed by atoms with van der Waals surface area (Å²) in [6, 6.07) is 15.4. The third-order valence-electron chi connectivity index (χ3n) is 5.26. The molecule has 1 amide bonds. The van der Waals surface area contributed by atoms with Gasteiger partial charge < -0.3 is 19.2 Å². The SMILES string of the molecule is COc1cccc(-c2coc3cc(OC)c(/C(C)=C/C(=O)NCc4ccncc4)cc23)c1. The number of hydrogen-bond acceptors (Lipinski definition) is 5. The van der Waals surface area contributed by atoms with Gasteiger partial charge >= 0.3 is 0 Å². The number of nitrogens with one attached hydrogen (secondary N) is 1. The topological polar surface area (TPSA) is 73.6 Å². The zero-order chi connectivity index (χ0) is 22.5. The van der Waals surface area contributed by atoms with Gasteiger partial charge in [-0.1, -0.05) is 12.1 Å². The molecule has 0 aliphatic rings. The second-order valence-electron chi connectivity index (χ2n) is 7.33. The van der Waals surface area contributed by atoms with Crippen LogP contribution in [0.25, 0.3) is 27.7 Å². The first kappa shape index (κ1) is 21.2. The van der Waals surface area contributed by atoms with E-state index in [1.54, 1.807) is 39.0 Å². The lowest BCUT2D eigenvalue weighted by Crippen LogP contribution is -2.20. The van der Waals surface area contributed by atoms with Crippen LogP contribution in [0.4, 0.5) is 0 Å². The number of aromatic nitrogens is 1. The molecule has 4 aromatic rings. The number of hydrogen-bond donors (Lipinski definition) is 1. The third kappa shape index (κ3) is 4.49. The Morgan fingerprint density at radius 3 is 2.66 bits per heavy atom. The van der Waals surface area contributed by atoms with Crippen LogP contribution in [-0.4, -0.2) is 25.1 Å². The molecule has 2 heterocycles. The number of methoxy groups -OCH3 is 2. The minimum atomic E-state index is -0.179. The zero-order valence-corrected chi connectivity index (χ0v) is 18.2. The first-order valence-electron chi connectivity index (χ1n) is 10.2. The number of carbonyl (C=O) groups is 1. The summed E-state index contributed by atoms with van der Waals surface area (Å²) in [6.45, 7) is 2.32. The Morgan fingerprint density at radius 2 is 1.91 bits per heavy atom. The molecule has 0 saturated heterocycles. The van der Waals surface area contributed by atoms with Crippen molar-refractivity contribution in [2.45, 2.75) is 13.5 Å². The summed E-state index contributed by atoms with van der Waals surface area (Å²) in [4.78, 5) is 16.5. The average molecular weight is 428 g/mol. The fourth-order valence-electron chi connectivity index (χ4n) is 3.56. The number of carbonyl (C=O) groups excluding carboxylic acids is 1. The standard InChI is InChI=1S/C26H24N2O4/c1-17(11-26(29)28-15-18-7-9-27-10-8-18)21-13-22-23(16-32-25(22)14-24(21)31-3)19-5-4-6-20(12-19)30-2/h4-14,16H,15H2,1-3H3,(H,28,29)/b17-11+. The van der Waals surface area contributed by atoms with E-state index in [2.05, 4.69) is 10.3 Å². The molecule has 0 saturated carbocycles. The average Bonchev–Trinajstić information content (AvgIpc) is 3.25. The zero-order valence-electron chi connectivity index (χ0n) is 18.2. The van der Waals surface area contributed by atoms with Gasteiger partial charge in [-0.2, -0.15) is 0 Å². The van der Waals surface area contributed by atoms with Crippen LogP contribution < -0.4 is 14.8 Å². The molecular weight excluding hydrogens is 404 g/mol. The molecule has 0 bridgehead atoms. The van der Waals surface area contributed by atoms with E-state index in [0.717, 1.165) is 39.0 Å². The minimum absolute atomic E-state index is 0.179. The first-order valence-corrected chi connectivity index (χ1v) is 10.2. The molecule has 6 heteroatoms. The van der Waals surface area contributed by atoms with Crippen LogP contribution in [0.3, 0.4) is 0 Å². The van der Waals surface area contributed by atoms with Gasteiger partial charge in [0.15, 0.2) is 0 Å². The van der Waals surface area contributed by atoms with E-state index >= 15 is 0 Å². The van der Waals surface area contributed by atoms with Crippen molar-refractivity contribution in [2.24, 2.45) is 0 Å². The molecule has 2 aromatic heterocycles. The molecule has 0 atom stereocenters. The van der Waals surface area contributed by atoms with Crippen molar-refractivity contribution >= 4 is 22.4 Å². The third-order valence-corrected chi connectivity index (χ3v) is 5.26. The van der Waals surface area contributed by atoms with Crippen molar-refractivity contribution in [3.05, 3.63) is 84.4 Å². The summed E-state index contributed by atoms with van der Waals surface area (Å²) in [6.07, 6.45) is 6.71. The highest BCUT2D eigenvalue weighted by Crippen LogP contribution is 2.38. The van der Waals surface area contributed by atoms with Crippen LogP contribution >= 0.6 is 0 Å². The predicted octanol–water partition coefficient (Wildman–Crippen LogP) is 5.23. The summed E-state index contributed by atoms with van der Waals surface area (Å²) < 4.78 is 16.7. The quantitative estimate of drug-likeness (QED) is 0.408. The summed E-state index contributed by atoms with van der Waals surface area (Å²) >= 11 is 0. The lowest BCUT2D eigenvalue weighted by Gasteiger charge is -2.10. The first-order chi connectivity index (χ1) is 15.6. The summed E-state index contributed by atoms with van der Waals surface area (Å²) in [5, 5.41) is 3.83. The number of furan rings is 1. The summed E-state index contributed by atoms with van der Waals surface area (Å²) in [5.41, 5.74) is 5.23. The van der Waals surface area contributed by atoms with E-state index in [4.69, 9.17) is 13.9 Å². The monoisotopic (exact) mass is 428 g/mol. The molecule has 0 radical (unpaired) electrons. The fourth-order valence-corrected chi connectivity index (χ4v) is 3.56. The molecule has 6 nitrogen and oxygen atoms in total.